The fourth-order valence-corrected chi connectivity index (χ4v) is 3.30. The van der Waals surface area contributed by atoms with E-state index in [4.69, 9.17) is 16.0 Å². The summed E-state index contributed by atoms with van der Waals surface area (Å²) < 4.78 is 6.76. The van der Waals surface area contributed by atoms with Crippen LogP contribution in [0.15, 0.2) is 22.6 Å². The highest BCUT2D eigenvalue weighted by molar-refractivity contribution is 7.16. The molecule has 2 aromatic rings. The number of hydrogen-bond donors (Lipinski definition) is 1. The van der Waals surface area contributed by atoms with E-state index in [0.717, 1.165) is 40.8 Å². The van der Waals surface area contributed by atoms with Crippen molar-refractivity contribution in [2.45, 2.75) is 39.7 Å². The molecule has 0 saturated carbocycles. The lowest BCUT2D eigenvalue weighted by atomic mass is 10.1. The van der Waals surface area contributed by atoms with Crippen LogP contribution in [0.2, 0.25) is 4.34 Å². The molecule has 0 fully saturated rings. The lowest BCUT2D eigenvalue weighted by Crippen LogP contribution is -2.21. The topological polar surface area (TPSA) is 25.2 Å². The number of furan rings is 1. The summed E-state index contributed by atoms with van der Waals surface area (Å²) in [5, 5.41) is 3.54. The van der Waals surface area contributed by atoms with Crippen LogP contribution in [0.5, 0.6) is 0 Å². The summed E-state index contributed by atoms with van der Waals surface area (Å²) in [5.41, 5.74) is 1.13. The number of rotatable bonds is 6. The van der Waals surface area contributed by atoms with Gasteiger partial charge in [-0.05, 0) is 43.7 Å². The van der Waals surface area contributed by atoms with Gasteiger partial charge in [-0.25, -0.2) is 0 Å². The molecule has 2 nitrogen and oxygen atoms in total. The van der Waals surface area contributed by atoms with Gasteiger partial charge in [0.1, 0.15) is 17.6 Å². The summed E-state index contributed by atoms with van der Waals surface area (Å²) in [5.74, 6) is 2.00. The average molecular weight is 298 g/mol. The normalized spacial score (nSPS) is 12.8. The van der Waals surface area contributed by atoms with Gasteiger partial charge in [-0.2, -0.15) is 0 Å². The van der Waals surface area contributed by atoms with Crippen LogP contribution in [0.4, 0.5) is 0 Å². The molecule has 1 unspecified atom stereocenters. The zero-order chi connectivity index (χ0) is 13.8. The Hall–Kier alpha value is -0.770. The van der Waals surface area contributed by atoms with E-state index in [1.165, 1.54) is 4.88 Å². The molecule has 2 heterocycles. The third kappa shape index (κ3) is 3.41. The fourth-order valence-electron chi connectivity index (χ4n) is 2.00. The zero-order valence-corrected chi connectivity index (χ0v) is 13.2. The van der Waals surface area contributed by atoms with E-state index in [-0.39, 0.29) is 6.04 Å². The average Bonchev–Trinajstić information content (AvgIpc) is 2.98. The van der Waals surface area contributed by atoms with Crippen LogP contribution >= 0.6 is 22.9 Å². The molecular weight excluding hydrogens is 278 g/mol. The largest absolute Gasteiger partial charge is 0.464 e. The minimum atomic E-state index is 0.108. The van der Waals surface area contributed by atoms with Gasteiger partial charge in [0.2, 0.25) is 0 Å². The highest BCUT2D eigenvalue weighted by atomic mass is 35.5. The molecule has 0 aliphatic heterocycles. The third-order valence-electron chi connectivity index (χ3n) is 3.07. The van der Waals surface area contributed by atoms with E-state index < -0.39 is 0 Å². The molecule has 1 atom stereocenters. The molecule has 0 aliphatic carbocycles. The molecule has 1 N–H and O–H groups in total. The SMILES string of the molecule is CCCNC(c1ccc(CC)o1)c1cc(C)c(Cl)s1. The van der Waals surface area contributed by atoms with Crippen molar-refractivity contribution in [3.05, 3.63) is 44.5 Å². The number of thiophene rings is 1. The molecule has 104 valence electrons. The predicted octanol–water partition coefficient (Wildman–Crippen LogP) is 4.95. The van der Waals surface area contributed by atoms with Crippen LogP contribution in [0.25, 0.3) is 0 Å². The molecule has 0 radical (unpaired) electrons. The van der Waals surface area contributed by atoms with Gasteiger partial charge < -0.3 is 9.73 Å². The van der Waals surface area contributed by atoms with E-state index in [9.17, 15) is 0 Å². The van der Waals surface area contributed by atoms with Gasteiger partial charge in [0.15, 0.2) is 0 Å². The van der Waals surface area contributed by atoms with E-state index in [1.807, 2.05) is 6.92 Å². The van der Waals surface area contributed by atoms with Crippen LogP contribution in [0, 0.1) is 6.92 Å². The third-order valence-corrected chi connectivity index (χ3v) is 4.69. The molecule has 0 saturated heterocycles. The van der Waals surface area contributed by atoms with Gasteiger partial charge in [0.25, 0.3) is 0 Å². The van der Waals surface area contributed by atoms with Crippen LogP contribution < -0.4 is 5.32 Å². The number of hydrogen-bond acceptors (Lipinski definition) is 3. The summed E-state index contributed by atoms with van der Waals surface area (Å²) in [7, 11) is 0. The number of nitrogens with one attached hydrogen (secondary N) is 1. The Kier molecular flexibility index (Phi) is 5.08. The standard InChI is InChI=1S/C15H20ClNOS/c1-4-8-17-14(12-7-6-11(5-2)18-12)13-9-10(3)15(16)19-13/h6-7,9,14,17H,4-5,8H2,1-3H3. The summed E-state index contributed by atoms with van der Waals surface area (Å²) in [6.07, 6.45) is 2.01. The summed E-state index contributed by atoms with van der Waals surface area (Å²) in [6.45, 7) is 7.26. The first-order chi connectivity index (χ1) is 9.15. The van der Waals surface area contributed by atoms with Crippen molar-refractivity contribution in [3.8, 4) is 0 Å². The Morgan fingerprint density at radius 3 is 2.68 bits per heavy atom. The molecule has 2 aromatic heterocycles. The van der Waals surface area contributed by atoms with Crippen molar-refractivity contribution in [1.82, 2.24) is 5.32 Å². The van der Waals surface area contributed by atoms with E-state index in [0.29, 0.717) is 0 Å². The Morgan fingerprint density at radius 2 is 2.16 bits per heavy atom. The molecule has 19 heavy (non-hydrogen) atoms. The maximum absolute atomic E-state index is 6.19. The molecule has 2 rings (SSSR count). The molecule has 0 spiro atoms. The number of aryl methyl sites for hydroxylation is 2. The Balaban J connectivity index is 2.29. The minimum Gasteiger partial charge on any atom is -0.464 e. The van der Waals surface area contributed by atoms with Crippen LogP contribution in [0.3, 0.4) is 0 Å². The lowest BCUT2D eigenvalue weighted by molar-refractivity contribution is 0.424. The van der Waals surface area contributed by atoms with Gasteiger partial charge in [-0.15, -0.1) is 11.3 Å². The molecule has 4 heteroatoms. The van der Waals surface area contributed by atoms with Crippen molar-refractivity contribution >= 4 is 22.9 Å². The Morgan fingerprint density at radius 1 is 1.37 bits per heavy atom. The predicted molar refractivity (Wildman–Crippen MR) is 82.3 cm³/mol. The highest BCUT2D eigenvalue weighted by Crippen LogP contribution is 2.34. The molecule has 0 amide bonds. The second-order valence-corrected chi connectivity index (χ2v) is 6.34. The monoisotopic (exact) mass is 297 g/mol. The van der Waals surface area contributed by atoms with Crippen molar-refractivity contribution in [1.29, 1.82) is 0 Å². The Labute approximate surface area is 123 Å². The van der Waals surface area contributed by atoms with E-state index >= 15 is 0 Å². The quantitative estimate of drug-likeness (QED) is 0.815. The summed E-state index contributed by atoms with van der Waals surface area (Å²) in [4.78, 5) is 1.22. The van der Waals surface area contributed by atoms with Gasteiger partial charge in [0.05, 0.1) is 4.34 Å². The molecule has 0 aromatic carbocycles. The Bertz CT molecular complexity index is 512. The van der Waals surface area contributed by atoms with Gasteiger partial charge in [0, 0.05) is 11.3 Å². The number of halogens is 1. The van der Waals surface area contributed by atoms with E-state index in [1.54, 1.807) is 11.3 Å². The van der Waals surface area contributed by atoms with E-state index in [2.05, 4.69) is 37.4 Å². The first-order valence-electron chi connectivity index (χ1n) is 6.73. The minimum absolute atomic E-state index is 0.108. The summed E-state index contributed by atoms with van der Waals surface area (Å²) in [6, 6.07) is 6.37. The van der Waals surface area contributed by atoms with Crippen LogP contribution in [-0.2, 0) is 6.42 Å². The first kappa shape index (κ1) is 14.6. The summed E-state index contributed by atoms with van der Waals surface area (Å²) >= 11 is 7.82. The lowest BCUT2D eigenvalue weighted by Gasteiger charge is -2.14. The molecular formula is C15H20ClNOS. The molecule has 0 bridgehead atoms. The first-order valence-corrected chi connectivity index (χ1v) is 7.93. The smallest absolute Gasteiger partial charge is 0.126 e. The maximum atomic E-state index is 6.19. The second-order valence-electron chi connectivity index (χ2n) is 4.65. The molecule has 0 aliphatic rings. The van der Waals surface area contributed by atoms with Crippen molar-refractivity contribution in [3.63, 3.8) is 0 Å². The van der Waals surface area contributed by atoms with Gasteiger partial charge >= 0.3 is 0 Å². The highest BCUT2D eigenvalue weighted by Gasteiger charge is 2.20. The van der Waals surface area contributed by atoms with Gasteiger partial charge in [-0.1, -0.05) is 25.4 Å². The zero-order valence-electron chi connectivity index (χ0n) is 11.6. The fraction of sp³-hybridized carbons (Fsp3) is 0.467. The second kappa shape index (κ2) is 6.60. The van der Waals surface area contributed by atoms with Crippen molar-refractivity contribution in [2.24, 2.45) is 0 Å². The van der Waals surface area contributed by atoms with Crippen LogP contribution in [-0.4, -0.2) is 6.54 Å². The van der Waals surface area contributed by atoms with Crippen molar-refractivity contribution in [2.75, 3.05) is 6.54 Å². The maximum Gasteiger partial charge on any atom is 0.126 e. The van der Waals surface area contributed by atoms with Gasteiger partial charge in [-0.3, -0.25) is 0 Å². The van der Waals surface area contributed by atoms with Crippen molar-refractivity contribution < 1.29 is 4.42 Å². The van der Waals surface area contributed by atoms with Crippen LogP contribution in [0.1, 0.15) is 48.3 Å².